The quantitative estimate of drug-likeness (QED) is 0.404. The minimum atomic E-state index is -0.445. The lowest BCUT2D eigenvalue weighted by Gasteiger charge is -2.20. The van der Waals surface area contributed by atoms with Crippen LogP contribution in [0, 0.1) is 11.8 Å². The Morgan fingerprint density at radius 3 is 1.82 bits per heavy atom. The molecule has 0 aromatic rings. The second-order valence-corrected chi connectivity index (χ2v) is 6.44. The van der Waals surface area contributed by atoms with Gasteiger partial charge in [0.05, 0.1) is 13.2 Å². The Bertz CT molecular complexity index is 265. The van der Waals surface area contributed by atoms with E-state index in [1.807, 2.05) is 6.92 Å². The van der Waals surface area contributed by atoms with Crippen molar-refractivity contribution in [2.75, 3.05) is 13.2 Å². The summed E-state index contributed by atoms with van der Waals surface area (Å²) in [4.78, 5) is 12.0. The van der Waals surface area contributed by atoms with Crippen LogP contribution in [0.15, 0.2) is 0 Å². The highest BCUT2D eigenvalue weighted by molar-refractivity contribution is 5.74. The zero-order valence-electron chi connectivity index (χ0n) is 15.5. The monoisotopic (exact) mass is 314 g/mol. The molecule has 0 aromatic carbocycles. The van der Waals surface area contributed by atoms with Crippen LogP contribution in [0.5, 0.6) is 0 Å². The molecule has 22 heavy (non-hydrogen) atoms. The van der Waals surface area contributed by atoms with Crippen LogP contribution in [-0.4, -0.2) is 25.3 Å². The molecule has 0 saturated carbocycles. The van der Waals surface area contributed by atoms with Crippen LogP contribution in [0.3, 0.4) is 0 Å². The van der Waals surface area contributed by atoms with Gasteiger partial charge in [-0.25, -0.2) is 4.79 Å². The fourth-order valence-electron chi connectivity index (χ4n) is 2.46. The van der Waals surface area contributed by atoms with Crippen LogP contribution < -0.4 is 0 Å². The minimum Gasteiger partial charge on any atom is -0.463 e. The smallest absolute Gasteiger partial charge is 0.334 e. The number of ether oxygens (including phenoxy) is 2. The van der Waals surface area contributed by atoms with Crippen molar-refractivity contribution in [1.29, 1.82) is 0 Å². The summed E-state index contributed by atoms with van der Waals surface area (Å²) < 4.78 is 11.2. The van der Waals surface area contributed by atoms with E-state index in [1.165, 1.54) is 32.1 Å². The summed E-state index contributed by atoms with van der Waals surface area (Å²) in [5.74, 6) is 0.840. The number of hydrogen-bond donors (Lipinski definition) is 0. The molecule has 0 spiro atoms. The summed E-state index contributed by atoms with van der Waals surface area (Å²) in [7, 11) is 0. The summed E-state index contributed by atoms with van der Waals surface area (Å²) in [5, 5.41) is 0. The van der Waals surface area contributed by atoms with Gasteiger partial charge in [-0.15, -0.1) is 0 Å². The maximum atomic E-state index is 12.0. The van der Waals surface area contributed by atoms with Gasteiger partial charge in [-0.2, -0.15) is 0 Å². The Morgan fingerprint density at radius 2 is 1.36 bits per heavy atom. The molecule has 0 amide bonds. The Labute approximate surface area is 138 Å². The molecule has 0 radical (unpaired) electrons. The summed E-state index contributed by atoms with van der Waals surface area (Å²) in [6.45, 7) is 11.8. The van der Waals surface area contributed by atoms with Crippen molar-refractivity contribution in [3.63, 3.8) is 0 Å². The van der Waals surface area contributed by atoms with Gasteiger partial charge in [0.15, 0.2) is 6.10 Å². The van der Waals surface area contributed by atoms with E-state index in [2.05, 4.69) is 27.7 Å². The van der Waals surface area contributed by atoms with E-state index in [1.54, 1.807) is 0 Å². The average molecular weight is 315 g/mol. The van der Waals surface area contributed by atoms with Gasteiger partial charge in [0, 0.05) is 0 Å². The fourth-order valence-corrected chi connectivity index (χ4v) is 2.46. The summed E-state index contributed by atoms with van der Waals surface area (Å²) in [5.41, 5.74) is 0. The predicted molar refractivity (Wildman–Crippen MR) is 93.0 cm³/mol. The normalized spacial score (nSPS) is 15.3. The molecule has 0 aliphatic rings. The van der Waals surface area contributed by atoms with Crippen LogP contribution in [0.1, 0.15) is 86.0 Å². The Hall–Kier alpha value is -0.570. The molecular weight excluding hydrogens is 276 g/mol. The Morgan fingerprint density at radius 1 is 0.864 bits per heavy atom. The highest BCUT2D eigenvalue weighted by Gasteiger charge is 2.18. The third-order valence-corrected chi connectivity index (χ3v) is 4.46. The number of carbonyl (C=O) groups excluding carboxylic acids is 1. The first-order valence-corrected chi connectivity index (χ1v) is 9.37. The zero-order valence-corrected chi connectivity index (χ0v) is 15.5. The van der Waals surface area contributed by atoms with Crippen LogP contribution in [-0.2, 0) is 14.3 Å². The molecule has 3 nitrogen and oxygen atoms in total. The van der Waals surface area contributed by atoms with Crippen molar-refractivity contribution in [2.45, 2.75) is 92.1 Å². The molecule has 0 rings (SSSR count). The highest BCUT2D eigenvalue weighted by atomic mass is 16.6. The van der Waals surface area contributed by atoms with E-state index in [4.69, 9.17) is 9.47 Å². The third-order valence-electron chi connectivity index (χ3n) is 4.46. The lowest BCUT2D eigenvalue weighted by Crippen LogP contribution is -2.27. The van der Waals surface area contributed by atoms with E-state index in [-0.39, 0.29) is 5.97 Å². The molecule has 0 aliphatic heterocycles. The van der Waals surface area contributed by atoms with Crippen LogP contribution in [0.4, 0.5) is 0 Å². The SMILES string of the molecule is CCCCC(CC)COC(=O)C(C)OCC(CC)CCCC. The van der Waals surface area contributed by atoms with Crippen molar-refractivity contribution in [3.8, 4) is 0 Å². The van der Waals surface area contributed by atoms with Crippen molar-refractivity contribution in [1.82, 2.24) is 0 Å². The number of esters is 1. The minimum absolute atomic E-state index is 0.208. The Kier molecular flexibility index (Phi) is 13.7. The third kappa shape index (κ3) is 10.2. The second-order valence-electron chi connectivity index (χ2n) is 6.44. The van der Waals surface area contributed by atoms with E-state index in [9.17, 15) is 4.79 Å². The van der Waals surface area contributed by atoms with Gasteiger partial charge in [0.2, 0.25) is 0 Å². The zero-order chi connectivity index (χ0) is 16.8. The highest BCUT2D eigenvalue weighted by Crippen LogP contribution is 2.15. The molecule has 132 valence electrons. The molecule has 0 heterocycles. The molecule has 0 aliphatic carbocycles. The topological polar surface area (TPSA) is 35.5 Å². The molecule has 0 N–H and O–H groups in total. The average Bonchev–Trinajstić information content (AvgIpc) is 2.54. The molecule has 0 bridgehead atoms. The Balaban J connectivity index is 3.99. The van der Waals surface area contributed by atoms with Gasteiger partial charge in [0.25, 0.3) is 0 Å². The van der Waals surface area contributed by atoms with E-state index < -0.39 is 6.10 Å². The summed E-state index contributed by atoms with van der Waals surface area (Å²) in [6, 6.07) is 0. The van der Waals surface area contributed by atoms with Crippen molar-refractivity contribution in [2.24, 2.45) is 11.8 Å². The first-order chi connectivity index (χ1) is 10.6. The van der Waals surface area contributed by atoms with Crippen molar-refractivity contribution in [3.05, 3.63) is 0 Å². The van der Waals surface area contributed by atoms with E-state index in [0.717, 1.165) is 19.3 Å². The van der Waals surface area contributed by atoms with Gasteiger partial charge in [-0.3, -0.25) is 0 Å². The van der Waals surface area contributed by atoms with Gasteiger partial charge in [0.1, 0.15) is 0 Å². The van der Waals surface area contributed by atoms with Crippen LogP contribution in [0.25, 0.3) is 0 Å². The maximum Gasteiger partial charge on any atom is 0.334 e. The van der Waals surface area contributed by atoms with Gasteiger partial charge in [-0.1, -0.05) is 66.2 Å². The molecule has 3 atom stereocenters. The lowest BCUT2D eigenvalue weighted by molar-refractivity contribution is -0.158. The largest absolute Gasteiger partial charge is 0.463 e. The molecule has 0 fully saturated rings. The predicted octanol–water partition coefficient (Wildman–Crippen LogP) is 5.37. The van der Waals surface area contributed by atoms with Crippen LogP contribution >= 0.6 is 0 Å². The number of hydrogen-bond acceptors (Lipinski definition) is 3. The first-order valence-electron chi connectivity index (χ1n) is 9.37. The summed E-state index contributed by atoms with van der Waals surface area (Å²) in [6.07, 6.45) is 8.90. The number of unbranched alkanes of at least 4 members (excludes halogenated alkanes) is 2. The lowest BCUT2D eigenvalue weighted by atomic mass is 10.0. The fraction of sp³-hybridized carbons (Fsp3) is 0.947. The summed E-state index contributed by atoms with van der Waals surface area (Å²) >= 11 is 0. The van der Waals surface area contributed by atoms with E-state index in [0.29, 0.717) is 25.0 Å². The maximum absolute atomic E-state index is 12.0. The van der Waals surface area contributed by atoms with E-state index >= 15 is 0 Å². The molecule has 0 saturated heterocycles. The standard InChI is InChI=1S/C19H38O3/c1-6-10-12-17(8-3)14-21-16(5)19(20)22-15-18(9-4)13-11-7-2/h16-18H,6-15H2,1-5H3. The van der Waals surface area contributed by atoms with Crippen LogP contribution in [0.2, 0.25) is 0 Å². The first kappa shape index (κ1) is 21.4. The molecule has 3 heteroatoms. The molecule has 0 aromatic heterocycles. The van der Waals surface area contributed by atoms with Gasteiger partial charge >= 0.3 is 5.97 Å². The van der Waals surface area contributed by atoms with Crippen molar-refractivity contribution >= 4 is 5.97 Å². The molecule has 3 unspecified atom stereocenters. The number of rotatable bonds is 14. The van der Waals surface area contributed by atoms with Crippen molar-refractivity contribution < 1.29 is 14.3 Å². The van der Waals surface area contributed by atoms with Gasteiger partial charge in [-0.05, 0) is 31.6 Å². The second kappa shape index (κ2) is 14.0. The number of carbonyl (C=O) groups is 1. The molecular formula is C19H38O3. The van der Waals surface area contributed by atoms with Gasteiger partial charge < -0.3 is 9.47 Å².